The van der Waals surface area contributed by atoms with E-state index < -0.39 is 0 Å². The van der Waals surface area contributed by atoms with E-state index in [0.29, 0.717) is 18.9 Å². The molecule has 0 aliphatic carbocycles. The van der Waals surface area contributed by atoms with Crippen molar-refractivity contribution in [2.45, 2.75) is 13.0 Å². The van der Waals surface area contributed by atoms with Gasteiger partial charge in [-0.25, -0.2) is 4.98 Å². The number of hydrogen-bond acceptors (Lipinski definition) is 5. The predicted molar refractivity (Wildman–Crippen MR) is 52.9 cm³/mol. The van der Waals surface area contributed by atoms with Crippen molar-refractivity contribution in [3.05, 3.63) is 24.0 Å². The Morgan fingerprint density at radius 1 is 1.47 bits per heavy atom. The lowest BCUT2D eigenvalue weighted by molar-refractivity contribution is 0.625. The Hall–Kier alpha value is -1.76. The second-order valence-electron chi connectivity index (χ2n) is 3.27. The molecule has 15 heavy (non-hydrogen) atoms. The third-order valence-corrected chi connectivity index (χ3v) is 1.96. The van der Waals surface area contributed by atoms with Crippen LogP contribution in [0.4, 0.5) is 0 Å². The maximum absolute atomic E-state index is 5.44. The maximum atomic E-state index is 5.44. The van der Waals surface area contributed by atoms with Crippen molar-refractivity contribution < 1.29 is 0 Å². The maximum Gasteiger partial charge on any atom is 0.194 e. The molecule has 0 aliphatic heterocycles. The molecule has 0 saturated carbocycles. The van der Waals surface area contributed by atoms with Gasteiger partial charge >= 0.3 is 0 Å². The van der Waals surface area contributed by atoms with Crippen molar-refractivity contribution in [2.75, 3.05) is 6.54 Å². The van der Waals surface area contributed by atoms with Crippen LogP contribution in [-0.2, 0) is 20.0 Å². The molecule has 2 N–H and O–H groups in total. The summed E-state index contributed by atoms with van der Waals surface area (Å²) in [6.45, 7) is 1.20. The number of hydrogen-bond donors (Lipinski definition) is 1. The van der Waals surface area contributed by atoms with Crippen LogP contribution < -0.4 is 5.73 Å². The summed E-state index contributed by atoms with van der Waals surface area (Å²) in [5.74, 6) is 0.675. The average molecular weight is 207 g/mol. The SMILES string of the molecule is Cn1nnc(Cn2cnc(CCN)c2)n1. The number of tetrazole rings is 1. The van der Waals surface area contributed by atoms with Gasteiger partial charge in [0.05, 0.1) is 25.6 Å². The van der Waals surface area contributed by atoms with Crippen molar-refractivity contribution in [3.8, 4) is 0 Å². The molecule has 0 saturated heterocycles. The molecule has 0 bridgehead atoms. The molecule has 0 amide bonds. The fourth-order valence-electron chi connectivity index (χ4n) is 1.32. The Bertz CT molecular complexity index is 430. The lowest BCUT2D eigenvalue weighted by Gasteiger charge is -1.94. The quantitative estimate of drug-likeness (QED) is 0.691. The van der Waals surface area contributed by atoms with Crippen LogP contribution in [0.3, 0.4) is 0 Å². The van der Waals surface area contributed by atoms with E-state index in [4.69, 9.17) is 5.73 Å². The van der Waals surface area contributed by atoms with Gasteiger partial charge in [0.1, 0.15) is 0 Å². The van der Waals surface area contributed by atoms with Gasteiger partial charge in [-0.3, -0.25) is 0 Å². The van der Waals surface area contributed by atoms with E-state index >= 15 is 0 Å². The number of imidazole rings is 1. The van der Waals surface area contributed by atoms with Crippen molar-refractivity contribution in [1.29, 1.82) is 0 Å². The van der Waals surface area contributed by atoms with Gasteiger partial charge in [0.2, 0.25) is 0 Å². The first-order chi connectivity index (χ1) is 7.28. The first-order valence-electron chi connectivity index (χ1n) is 4.71. The van der Waals surface area contributed by atoms with Crippen molar-refractivity contribution >= 4 is 0 Å². The van der Waals surface area contributed by atoms with Gasteiger partial charge in [-0.15, -0.1) is 10.2 Å². The molecule has 0 spiro atoms. The molecule has 0 aliphatic rings. The van der Waals surface area contributed by atoms with Gasteiger partial charge in [-0.05, 0) is 11.8 Å². The second kappa shape index (κ2) is 4.18. The summed E-state index contributed by atoms with van der Waals surface area (Å²) >= 11 is 0. The number of aromatic nitrogens is 6. The van der Waals surface area contributed by atoms with E-state index in [-0.39, 0.29) is 0 Å². The van der Waals surface area contributed by atoms with Crippen LogP contribution in [0.2, 0.25) is 0 Å². The van der Waals surface area contributed by atoms with E-state index in [9.17, 15) is 0 Å². The fourth-order valence-corrected chi connectivity index (χ4v) is 1.32. The minimum Gasteiger partial charge on any atom is -0.330 e. The summed E-state index contributed by atoms with van der Waals surface area (Å²) in [6, 6.07) is 0. The highest BCUT2D eigenvalue weighted by molar-refractivity contribution is 4.98. The highest BCUT2D eigenvalue weighted by atomic mass is 15.6. The monoisotopic (exact) mass is 207 g/mol. The van der Waals surface area contributed by atoms with Crippen LogP contribution >= 0.6 is 0 Å². The number of rotatable bonds is 4. The predicted octanol–water partition coefficient (Wildman–Crippen LogP) is -1.04. The summed E-state index contributed by atoms with van der Waals surface area (Å²) in [5, 5.41) is 11.7. The summed E-state index contributed by atoms with van der Waals surface area (Å²) in [6.07, 6.45) is 4.49. The van der Waals surface area contributed by atoms with Crippen LogP contribution in [0, 0.1) is 0 Å². The van der Waals surface area contributed by atoms with Gasteiger partial charge in [-0.1, -0.05) is 0 Å². The van der Waals surface area contributed by atoms with Crippen molar-refractivity contribution in [1.82, 2.24) is 29.8 Å². The van der Waals surface area contributed by atoms with Gasteiger partial charge in [0.25, 0.3) is 0 Å². The Labute approximate surface area is 86.9 Å². The van der Waals surface area contributed by atoms with E-state index in [0.717, 1.165) is 12.1 Å². The third kappa shape index (κ3) is 2.38. The molecule has 7 nitrogen and oxygen atoms in total. The largest absolute Gasteiger partial charge is 0.330 e. The van der Waals surface area contributed by atoms with Crippen LogP contribution in [0.25, 0.3) is 0 Å². The lowest BCUT2D eigenvalue weighted by Crippen LogP contribution is -2.03. The van der Waals surface area contributed by atoms with Crippen LogP contribution in [-0.4, -0.2) is 36.3 Å². The summed E-state index contributed by atoms with van der Waals surface area (Å²) < 4.78 is 1.92. The fraction of sp³-hybridized carbons (Fsp3) is 0.500. The highest BCUT2D eigenvalue weighted by Crippen LogP contribution is 1.99. The summed E-state index contributed by atoms with van der Waals surface area (Å²) in [4.78, 5) is 5.65. The zero-order valence-electron chi connectivity index (χ0n) is 8.54. The Morgan fingerprint density at radius 3 is 3.00 bits per heavy atom. The van der Waals surface area contributed by atoms with Crippen molar-refractivity contribution in [2.24, 2.45) is 12.8 Å². The topological polar surface area (TPSA) is 87.4 Å². The minimum absolute atomic E-state index is 0.589. The summed E-state index contributed by atoms with van der Waals surface area (Å²) in [7, 11) is 1.74. The smallest absolute Gasteiger partial charge is 0.194 e. The average Bonchev–Trinajstić information content (AvgIpc) is 2.78. The Balaban J connectivity index is 2.04. The Morgan fingerprint density at radius 2 is 2.33 bits per heavy atom. The molecule has 7 heteroatoms. The molecular formula is C8H13N7. The van der Waals surface area contributed by atoms with E-state index in [1.807, 2.05) is 10.8 Å². The lowest BCUT2D eigenvalue weighted by atomic mass is 10.3. The van der Waals surface area contributed by atoms with Gasteiger partial charge in [0, 0.05) is 12.6 Å². The summed E-state index contributed by atoms with van der Waals surface area (Å²) in [5.41, 5.74) is 6.43. The van der Waals surface area contributed by atoms with Crippen LogP contribution in [0.5, 0.6) is 0 Å². The van der Waals surface area contributed by atoms with E-state index in [2.05, 4.69) is 20.4 Å². The first-order valence-corrected chi connectivity index (χ1v) is 4.71. The normalized spacial score (nSPS) is 10.8. The molecule has 0 aromatic carbocycles. The molecule has 2 aromatic rings. The molecule has 2 heterocycles. The number of nitrogens with two attached hydrogens (primary N) is 1. The van der Waals surface area contributed by atoms with Crippen LogP contribution in [0.15, 0.2) is 12.5 Å². The zero-order chi connectivity index (χ0) is 10.7. The zero-order valence-corrected chi connectivity index (χ0v) is 8.54. The molecule has 0 fully saturated rings. The van der Waals surface area contributed by atoms with Crippen molar-refractivity contribution in [3.63, 3.8) is 0 Å². The minimum atomic E-state index is 0.589. The standard InChI is InChI=1S/C8H13N7/c1-14-12-8(11-13-14)5-15-4-7(2-3-9)10-6-15/h4,6H,2-3,5,9H2,1H3. The molecule has 80 valence electrons. The first kappa shape index (κ1) is 9.78. The van der Waals surface area contributed by atoms with Gasteiger partial charge < -0.3 is 10.3 Å². The van der Waals surface area contributed by atoms with E-state index in [1.54, 1.807) is 13.4 Å². The molecule has 0 radical (unpaired) electrons. The number of nitrogens with zero attached hydrogens (tertiary/aromatic N) is 6. The van der Waals surface area contributed by atoms with Gasteiger partial charge in [0.15, 0.2) is 5.82 Å². The molecule has 0 unspecified atom stereocenters. The molecule has 2 rings (SSSR count). The van der Waals surface area contributed by atoms with E-state index in [1.165, 1.54) is 4.80 Å². The Kier molecular flexibility index (Phi) is 2.72. The van der Waals surface area contributed by atoms with Crippen LogP contribution in [0.1, 0.15) is 11.5 Å². The number of aryl methyl sites for hydroxylation is 1. The highest BCUT2D eigenvalue weighted by Gasteiger charge is 2.02. The molecular weight excluding hydrogens is 194 g/mol. The second-order valence-corrected chi connectivity index (χ2v) is 3.27. The molecule has 0 atom stereocenters. The molecule has 2 aromatic heterocycles. The third-order valence-electron chi connectivity index (χ3n) is 1.96. The van der Waals surface area contributed by atoms with Gasteiger partial charge in [-0.2, -0.15) is 4.80 Å².